The maximum absolute atomic E-state index is 4.74. The van der Waals surface area contributed by atoms with E-state index >= 15 is 0 Å². The monoisotopic (exact) mass is 469 g/mol. The summed E-state index contributed by atoms with van der Waals surface area (Å²) in [4.78, 5) is 4.74. The van der Waals surface area contributed by atoms with E-state index in [1.165, 1.54) is 105 Å². The minimum absolute atomic E-state index is 1.08. The predicted molar refractivity (Wildman–Crippen MR) is 153 cm³/mol. The van der Waals surface area contributed by atoms with Gasteiger partial charge in [-0.1, -0.05) is 126 Å². The van der Waals surface area contributed by atoms with Crippen molar-refractivity contribution in [1.29, 1.82) is 0 Å². The van der Waals surface area contributed by atoms with Crippen molar-refractivity contribution in [2.75, 3.05) is 0 Å². The molecule has 1 nitrogen and oxygen atoms in total. The van der Waals surface area contributed by atoms with Crippen LogP contribution in [0.25, 0.3) is 11.3 Å². The first-order valence-electron chi connectivity index (χ1n) is 14.4. The highest BCUT2D eigenvalue weighted by Crippen LogP contribution is 2.20. The first-order valence-corrected chi connectivity index (χ1v) is 14.4. The predicted octanol–water partition coefficient (Wildman–Crippen LogP) is 9.95. The standard InChI is InChI=1S/C34H47N/c1-3-5-7-9-11-13-15-32-24-27-34(35-28-32)33-25-22-31(23-26-33)21-20-30-18-16-29(17-19-30)14-12-10-8-6-4-2/h16-19,22-28H,3-15,20-21H2,1-2H3. The van der Waals surface area contributed by atoms with Crippen molar-refractivity contribution < 1.29 is 0 Å². The van der Waals surface area contributed by atoms with Crippen molar-refractivity contribution in [3.8, 4) is 11.3 Å². The average molecular weight is 470 g/mol. The number of nitrogens with zero attached hydrogens (tertiary/aromatic N) is 1. The van der Waals surface area contributed by atoms with Crippen molar-refractivity contribution in [1.82, 2.24) is 4.98 Å². The van der Waals surface area contributed by atoms with Gasteiger partial charge in [0.25, 0.3) is 0 Å². The Bertz CT molecular complexity index is 922. The minimum atomic E-state index is 1.08. The van der Waals surface area contributed by atoms with Gasteiger partial charge >= 0.3 is 0 Å². The minimum Gasteiger partial charge on any atom is -0.256 e. The Hall–Kier alpha value is -2.41. The summed E-state index contributed by atoms with van der Waals surface area (Å²) in [7, 11) is 0. The topological polar surface area (TPSA) is 12.9 Å². The molecule has 1 heteroatoms. The molecule has 0 aliphatic heterocycles. The van der Waals surface area contributed by atoms with Crippen molar-refractivity contribution >= 4 is 0 Å². The molecule has 0 saturated carbocycles. The summed E-state index contributed by atoms with van der Waals surface area (Å²) >= 11 is 0. The van der Waals surface area contributed by atoms with Gasteiger partial charge in [-0.05, 0) is 66.8 Å². The zero-order valence-electron chi connectivity index (χ0n) is 22.4. The highest BCUT2D eigenvalue weighted by Gasteiger charge is 2.03. The van der Waals surface area contributed by atoms with Gasteiger partial charge in [0.05, 0.1) is 5.69 Å². The Labute approximate surface area is 215 Å². The van der Waals surface area contributed by atoms with Crippen LogP contribution in [0.5, 0.6) is 0 Å². The maximum atomic E-state index is 4.74. The molecule has 1 aromatic heterocycles. The highest BCUT2D eigenvalue weighted by molar-refractivity contribution is 5.59. The number of unbranched alkanes of at least 4 members (excludes halogenated alkanes) is 9. The molecule has 1 heterocycles. The number of aryl methyl sites for hydroxylation is 4. The van der Waals surface area contributed by atoms with Crippen LogP contribution in [0.3, 0.4) is 0 Å². The third-order valence-corrected chi connectivity index (χ3v) is 7.19. The van der Waals surface area contributed by atoms with E-state index < -0.39 is 0 Å². The molecule has 188 valence electrons. The second kappa shape index (κ2) is 16.3. The zero-order valence-corrected chi connectivity index (χ0v) is 22.4. The van der Waals surface area contributed by atoms with E-state index in [9.17, 15) is 0 Å². The van der Waals surface area contributed by atoms with Crippen LogP contribution in [0.1, 0.15) is 107 Å². The molecule has 3 rings (SSSR count). The number of benzene rings is 2. The summed E-state index contributed by atoms with van der Waals surface area (Å²) in [5, 5.41) is 0. The number of pyridine rings is 1. The second-order valence-corrected chi connectivity index (χ2v) is 10.2. The Kier molecular flexibility index (Phi) is 12.7. The maximum Gasteiger partial charge on any atom is 0.0702 e. The summed E-state index contributed by atoms with van der Waals surface area (Å²) in [6.07, 6.45) is 21.5. The molecule has 0 N–H and O–H groups in total. The highest BCUT2D eigenvalue weighted by atomic mass is 14.7. The lowest BCUT2D eigenvalue weighted by Gasteiger charge is -2.07. The molecule has 35 heavy (non-hydrogen) atoms. The summed E-state index contributed by atoms with van der Waals surface area (Å²) in [5.41, 5.74) is 7.97. The van der Waals surface area contributed by atoms with Crippen LogP contribution in [0, 0.1) is 0 Å². The molecule has 0 aliphatic rings. The first-order chi connectivity index (χ1) is 17.3. The lowest BCUT2D eigenvalue weighted by atomic mass is 9.99. The van der Waals surface area contributed by atoms with Crippen LogP contribution in [0.15, 0.2) is 66.9 Å². The molecule has 0 amide bonds. The largest absolute Gasteiger partial charge is 0.256 e. The quantitative estimate of drug-likeness (QED) is 0.179. The smallest absolute Gasteiger partial charge is 0.0702 e. The van der Waals surface area contributed by atoms with E-state index in [2.05, 4.69) is 80.7 Å². The molecule has 2 aromatic carbocycles. The molecule has 0 radical (unpaired) electrons. The van der Waals surface area contributed by atoms with E-state index in [1.807, 2.05) is 0 Å². The SMILES string of the molecule is CCCCCCCCc1ccc(-c2ccc(CCc3ccc(CCCCCCC)cc3)cc2)nc1. The first kappa shape index (κ1) is 27.2. The Morgan fingerprint density at radius 3 is 1.37 bits per heavy atom. The normalized spacial score (nSPS) is 11.1. The van der Waals surface area contributed by atoms with Gasteiger partial charge in [0.2, 0.25) is 0 Å². The van der Waals surface area contributed by atoms with Gasteiger partial charge in [-0.2, -0.15) is 0 Å². The lowest BCUT2D eigenvalue weighted by molar-refractivity contribution is 0.607. The van der Waals surface area contributed by atoms with Crippen LogP contribution >= 0.6 is 0 Å². The van der Waals surface area contributed by atoms with Gasteiger partial charge in [0.15, 0.2) is 0 Å². The van der Waals surface area contributed by atoms with E-state index in [1.54, 1.807) is 0 Å². The fourth-order valence-corrected chi connectivity index (χ4v) is 4.79. The fourth-order valence-electron chi connectivity index (χ4n) is 4.79. The Morgan fingerprint density at radius 1 is 0.429 bits per heavy atom. The van der Waals surface area contributed by atoms with E-state index in [0.717, 1.165) is 25.0 Å². The second-order valence-electron chi connectivity index (χ2n) is 10.2. The van der Waals surface area contributed by atoms with Gasteiger partial charge < -0.3 is 0 Å². The Balaban J connectivity index is 1.39. The van der Waals surface area contributed by atoms with Crippen LogP contribution in [-0.4, -0.2) is 4.98 Å². The van der Waals surface area contributed by atoms with Crippen molar-refractivity contribution in [3.63, 3.8) is 0 Å². The molecule has 0 spiro atoms. The zero-order chi connectivity index (χ0) is 24.6. The summed E-state index contributed by atoms with van der Waals surface area (Å²) in [5.74, 6) is 0. The number of hydrogen-bond donors (Lipinski definition) is 0. The molecular formula is C34H47N. The lowest BCUT2D eigenvalue weighted by Crippen LogP contribution is -1.93. The number of aromatic nitrogens is 1. The summed E-state index contributed by atoms with van der Waals surface area (Å²) < 4.78 is 0. The van der Waals surface area contributed by atoms with Crippen molar-refractivity contribution in [2.24, 2.45) is 0 Å². The molecule has 0 fully saturated rings. The molecule has 0 atom stereocenters. The molecule has 0 bridgehead atoms. The summed E-state index contributed by atoms with van der Waals surface area (Å²) in [6.45, 7) is 4.55. The third-order valence-electron chi connectivity index (χ3n) is 7.19. The van der Waals surface area contributed by atoms with Crippen LogP contribution in [-0.2, 0) is 25.7 Å². The van der Waals surface area contributed by atoms with Crippen LogP contribution in [0.2, 0.25) is 0 Å². The van der Waals surface area contributed by atoms with E-state index in [-0.39, 0.29) is 0 Å². The number of rotatable bonds is 17. The molecular weight excluding hydrogens is 422 g/mol. The van der Waals surface area contributed by atoms with Crippen LogP contribution in [0.4, 0.5) is 0 Å². The fraction of sp³-hybridized carbons (Fsp3) is 0.500. The van der Waals surface area contributed by atoms with Gasteiger partial charge in [0, 0.05) is 11.8 Å². The number of hydrogen-bond acceptors (Lipinski definition) is 1. The molecule has 0 aliphatic carbocycles. The third kappa shape index (κ3) is 10.4. The van der Waals surface area contributed by atoms with Crippen molar-refractivity contribution in [2.45, 2.75) is 110 Å². The van der Waals surface area contributed by atoms with E-state index in [0.29, 0.717) is 0 Å². The summed E-state index contributed by atoms with van der Waals surface area (Å²) in [6, 6.07) is 22.8. The van der Waals surface area contributed by atoms with Gasteiger partial charge in [0.1, 0.15) is 0 Å². The Morgan fingerprint density at radius 2 is 0.857 bits per heavy atom. The van der Waals surface area contributed by atoms with Gasteiger partial charge in [-0.3, -0.25) is 4.98 Å². The molecule has 3 aromatic rings. The van der Waals surface area contributed by atoms with Gasteiger partial charge in [-0.25, -0.2) is 0 Å². The van der Waals surface area contributed by atoms with Gasteiger partial charge in [-0.15, -0.1) is 0 Å². The molecule has 0 saturated heterocycles. The van der Waals surface area contributed by atoms with E-state index in [4.69, 9.17) is 4.98 Å². The van der Waals surface area contributed by atoms with Crippen molar-refractivity contribution in [3.05, 3.63) is 89.1 Å². The molecule has 0 unspecified atom stereocenters. The van der Waals surface area contributed by atoms with Crippen LogP contribution < -0.4 is 0 Å². The average Bonchev–Trinajstić information content (AvgIpc) is 2.91.